The number of rotatable bonds is 2. The van der Waals surface area contributed by atoms with Crippen LogP contribution >= 0.6 is 0 Å². The van der Waals surface area contributed by atoms with E-state index in [0.29, 0.717) is 0 Å². The highest BCUT2D eigenvalue weighted by molar-refractivity contribution is 5.83. The Kier molecular flexibility index (Phi) is 3.08. The Labute approximate surface area is 71.9 Å². The van der Waals surface area contributed by atoms with E-state index in [1.807, 2.05) is 0 Å². The van der Waals surface area contributed by atoms with Gasteiger partial charge < -0.3 is 10.2 Å². The minimum Gasteiger partial charge on any atom is -0.347 e. The molecule has 12 heavy (non-hydrogen) atoms. The van der Waals surface area contributed by atoms with E-state index in [1.165, 1.54) is 6.92 Å². The van der Waals surface area contributed by atoms with Gasteiger partial charge in [0, 0.05) is 20.0 Å². The van der Waals surface area contributed by atoms with Crippen LogP contribution in [0.1, 0.15) is 19.8 Å². The summed E-state index contributed by atoms with van der Waals surface area (Å²) in [5.74, 6) is -0.120. The van der Waals surface area contributed by atoms with Crippen molar-refractivity contribution in [3.63, 3.8) is 0 Å². The van der Waals surface area contributed by atoms with E-state index in [1.54, 1.807) is 4.90 Å². The highest BCUT2D eigenvalue weighted by Gasteiger charge is 2.17. The predicted molar refractivity (Wildman–Crippen MR) is 44.5 cm³/mol. The van der Waals surface area contributed by atoms with Gasteiger partial charge in [-0.15, -0.1) is 0 Å². The molecule has 1 rings (SSSR count). The molecule has 0 aliphatic carbocycles. The van der Waals surface area contributed by atoms with Gasteiger partial charge >= 0.3 is 0 Å². The SMILES string of the molecule is CC(=O)NCC(=O)N1CCCC1. The van der Waals surface area contributed by atoms with Crippen LogP contribution in [0, 0.1) is 0 Å². The van der Waals surface area contributed by atoms with Crippen LogP contribution in [0.25, 0.3) is 0 Å². The summed E-state index contributed by atoms with van der Waals surface area (Å²) in [5.41, 5.74) is 0. The van der Waals surface area contributed by atoms with Crippen LogP contribution < -0.4 is 5.32 Å². The van der Waals surface area contributed by atoms with Gasteiger partial charge in [0.1, 0.15) is 0 Å². The summed E-state index contributed by atoms with van der Waals surface area (Å²) in [7, 11) is 0. The van der Waals surface area contributed by atoms with Crippen molar-refractivity contribution >= 4 is 11.8 Å². The van der Waals surface area contributed by atoms with Crippen LogP contribution in [-0.4, -0.2) is 36.3 Å². The number of nitrogens with one attached hydrogen (secondary N) is 1. The molecule has 0 unspecified atom stereocenters. The van der Waals surface area contributed by atoms with E-state index in [2.05, 4.69) is 5.32 Å². The second-order valence-corrected chi connectivity index (χ2v) is 3.00. The first-order valence-electron chi connectivity index (χ1n) is 4.22. The smallest absolute Gasteiger partial charge is 0.241 e. The lowest BCUT2D eigenvalue weighted by molar-refractivity contribution is -0.131. The zero-order valence-corrected chi connectivity index (χ0v) is 7.30. The Balaban J connectivity index is 2.23. The summed E-state index contributed by atoms with van der Waals surface area (Å²) in [6, 6.07) is 0. The molecule has 1 aliphatic rings. The summed E-state index contributed by atoms with van der Waals surface area (Å²) >= 11 is 0. The Hall–Kier alpha value is -1.06. The van der Waals surface area contributed by atoms with Crippen molar-refractivity contribution < 1.29 is 9.59 Å². The average molecular weight is 170 g/mol. The van der Waals surface area contributed by atoms with Crippen molar-refractivity contribution in [1.29, 1.82) is 0 Å². The molecule has 0 aromatic carbocycles. The van der Waals surface area contributed by atoms with Crippen LogP contribution in [0.15, 0.2) is 0 Å². The zero-order valence-electron chi connectivity index (χ0n) is 7.30. The monoisotopic (exact) mass is 170 g/mol. The standard InChI is InChI=1S/C8H14N2O2/c1-7(11)9-6-8(12)10-4-2-3-5-10/h2-6H2,1H3,(H,9,11). The van der Waals surface area contributed by atoms with Gasteiger partial charge in [0.05, 0.1) is 6.54 Å². The lowest BCUT2D eigenvalue weighted by Gasteiger charge is -2.14. The maximum Gasteiger partial charge on any atom is 0.241 e. The number of carbonyl (C=O) groups is 2. The molecule has 0 radical (unpaired) electrons. The molecule has 0 bridgehead atoms. The van der Waals surface area contributed by atoms with Gasteiger partial charge in [-0.05, 0) is 12.8 Å². The Morgan fingerprint density at radius 2 is 1.92 bits per heavy atom. The van der Waals surface area contributed by atoms with Crippen molar-refractivity contribution in [3.8, 4) is 0 Å². The van der Waals surface area contributed by atoms with Crippen molar-refractivity contribution in [2.24, 2.45) is 0 Å². The van der Waals surface area contributed by atoms with E-state index in [4.69, 9.17) is 0 Å². The molecule has 0 aromatic rings. The molecule has 1 heterocycles. The summed E-state index contributed by atoms with van der Waals surface area (Å²) in [6.45, 7) is 3.25. The van der Waals surface area contributed by atoms with Gasteiger partial charge in [0.2, 0.25) is 11.8 Å². The third-order valence-electron chi connectivity index (χ3n) is 1.95. The third-order valence-corrected chi connectivity index (χ3v) is 1.95. The normalized spacial score (nSPS) is 16.2. The third kappa shape index (κ3) is 2.53. The Morgan fingerprint density at radius 3 is 2.42 bits per heavy atom. The number of amides is 2. The molecular formula is C8H14N2O2. The molecule has 4 nitrogen and oxygen atoms in total. The molecule has 1 aliphatic heterocycles. The molecule has 1 saturated heterocycles. The lowest BCUT2D eigenvalue weighted by Crippen LogP contribution is -2.37. The summed E-state index contributed by atoms with van der Waals surface area (Å²) in [4.78, 5) is 23.5. The van der Waals surface area contributed by atoms with E-state index in [0.717, 1.165) is 25.9 Å². The lowest BCUT2D eigenvalue weighted by atomic mass is 10.4. The fourth-order valence-corrected chi connectivity index (χ4v) is 1.28. The zero-order chi connectivity index (χ0) is 8.97. The molecule has 0 atom stereocenters. The first-order chi connectivity index (χ1) is 5.70. The molecule has 0 saturated carbocycles. The van der Waals surface area contributed by atoms with E-state index in [-0.39, 0.29) is 18.4 Å². The second kappa shape index (κ2) is 4.09. The fraction of sp³-hybridized carbons (Fsp3) is 0.750. The molecule has 0 aromatic heterocycles. The summed E-state index contributed by atoms with van der Waals surface area (Å²) in [5, 5.41) is 2.49. The number of nitrogens with zero attached hydrogens (tertiary/aromatic N) is 1. The van der Waals surface area contributed by atoms with Crippen molar-refractivity contribution in [2.45, 2.75) is 19.8 Å². The number of carbonyl (C=O) groups excluding carboxylic acids is 2. The molecule has 68 valence electrons. The average Bonchev–Trinajstić information content (AvgIpc) is 2.51. The number of hydrogen-bond acceptors (Lipinski definition) is 2. The van der Waals surface area contributed by atoms with Gasteiger partial charge in [0.15, 0.2) is 0 Å². The maximum absolute atomic E-state index is 11.3. The highest BCUT2D eigenvalue weighted by Crippen LogP contribution is 2.06. The van der Waals surface area contributed by atoms with Crippen LogP contribution in [-0.2, 0) is 9.59 Å². The van der Waals surface area contributed by atoms with Crippen molar-refractivity contribution in [3.05, 3.63) is 0 Å². The molecular weight excluding hydrogens is 156 g/mol. The van der Waals surface area contributed by atoms with E-state index < -0.39 is 0 Å². The summed E-state index contributed by atoms with van der Waals surface area (Å²) < 4.78 is 0. The fourth-order valence-electron chi connectivity index (χ4n) is 1.28. The Bertz CT molecular complexity index is 185. The van der Waals surface area contributed by atoms with Gasteiger partial charge in [-0.3, -0.25) is 9.59 Å². The summed E-state index contributed by atoms with van der Waals surface area (Å²) in [6.07, 6.45) is 2.18. The molecule has 1 N–H and O–H groups in total. The Morgan fingerprint density at radius 1 is 1.33 bits per heavy atom. The topological polar surface area (TPSA) is 49.4 Å². The van der Waals surface area contributed by atoms with Crippen molar-refractivity contribution in [2.75, 3.05) is 19.6 Å². The van der Waals surface area contributed by atoms with Gasteiger partial charge in [-0.2, -0.15) is 0 Å². The molecule has 4 heteroatoms. The van der Waals surface area contributed by atoms with Crippen LogP contribution in [0.5, 0.6) is 0 Å². The van der Waals surface area contributed by atoms with Gasteiger partial charge in [0.25, 0.3) is 0 Å². The highest BCUT2D eigenvalue weighted by atomic mass is 16.2. The molecule has 0 spiro atoms. The van der Waals surface area contributed by atoms with Crippen LogP contribution in [0.2, 0.25) is 0 Å². The largest absolute Gasteiger partial charge is 0.347 e. The second-order valence-electron chi connectivity index (χ2n) is 3.00. The minimum atomic E-state index is -0.150. The predicted octanol–water partition coefficient (Wildman–Crippen LogP) is -0.255. The van der Waals surface area contributed by atoms with E-state index >= 15 is 0 Å². The molecule has 2 amide bonds. The van der Waals surface area contributed by atoms with Gasteiger partial charge in [-0.1, -0.05) is 0 Å². The van der Waals surface area contributed by atoms with Crippen LogP contribution in [0.3, 0.4) is 0 Å². The maximum atomic E-state index is 11.3. The molecule has 1 fully saturated rings. The van der Waals surface area contributed by atoms with Crippen molar-refractivity contribution in [1.82, 2.24) is 10.2 Å². The minimum absolute atomic E-state index is 0.0303. The quantitative estimate of drug-likeness (QED) is 0.621. The van der Waals surface area contributed by atoms with Crippen LogP contribution in [0.4, 0.5) is 0 Å². The van der Waals surface area contributed by atoms with Gasteiger partial charge in [-0.25, -0.2) is 0 Å². The number of hydrogen-bond donors (Lipinski definition) is 1. The van der Waals surface area contributed by atoms with E-state index in [9.17, 15) is 9.59 Å². The first kappa shape index (κ1) is 9.03. The number of likely N-dealkylation sites (tertiary alicyclic amines) is 1. The first-order valence-corrected chi connectivity index (χ1v) is 4.22.